The molecule has 112 valence electrons. The SMILES string of the molecule is Cc1noc(CCC(=O)N[C@H](C)c2ccc(F)cc2F)n1. The van der Waals surface area contributed by atoms with Crippen LogP contribution < -0.4 is 5.32 Å². The molecular formula is C14H15F2N3O2. The number of amides is 1. The third kappa shape index (κ3) is 4.08. The van der Waals surface area contributed by atoms with Crippen LogP contribution in [0.15, 0.2) is 22.7 Å². The van der Waals surface area contributed by atoms with Gasteiger partial charge in [0.25, 0.3) is 0 Å². The van der Waals surface area contributed by atoms with Gasteiger partial charge in [-0.1, -0.05) is 11.2 Å². The number of aryl methyl sites for hydroxylation is 2. The van der Waals surface area contributed by atoms with E-state index in [2.05, 4.69) is 15.5 Å². The van der Waals surface area contributed by atoms with Crippen LogP contribution in [0, 0.1) is 18.6 Å². The minimum Gasteiger partial charge on any atom is -0.349 e. The van der Waals surface area contributed by atoms with E-state index in [1.165, 1.54) is 6.07 Å². The molecule has 5 nitrogen and oxygen atoms in total. The largest absolute Gasteiger partial charge is 0.349 e. The van der Waals surface area contributed by atoms with Crippen molar-refractivity contribution in [2.45, 2.75) is 32.7 Å². The standard InChI is InChI=1S/C14H15F2N3O2/c1-8(11-4-3-10(15)7-12(11)16)17-13(20)5-6-14-18-9(2)19-21-14/h3-4,7-8H,5-6H2,1-2H3,(H,17,20)/t8-/m1/s1. The number of halogens is 2. The maximum atomic E-state index is 13.6. The monoisotopic (exact) mass is 295 g/mol. The van der Waals surface area contributed by atoms with E-state index in [0.717, 1.165) is 12.1 Å². The van der Waals surface area contributed by atoms with Crippen molar-refractivity contribution in [1.82, 2.24) is 15.5 Å². The Morgan fingerprint density at radius 3 is 2.81 bits per heavy atom. The van der Waals surface area contributed by atoms with E-state index in [0.29, 0.717) is 18.1 Å². The van der Waals surface area contributed by atoms with Crippen molar-refractivity contribution < 1.29 is 18.1 Å². The minimum absolute atomic E-state index is 0.148. The summed E-state index contributed by atoms with van der Waals surface area (Å²) in [6, 6.07) is 2.71. The fourth-order valence-corrected chi connectivity index (χ4v) is 1.91. The topological polar surface area (TPSA) is 68.0 Å². The zero-order valence-corrected chi connectivity index (χ0v) is 11.7. The fraction of sp³-hybridized carbons (Fsp3) is 0.357. The molecule has 0 aliphatic carbocycles. The summed E-state index contributed by atoms with van der Waals surface area (Å²) in [5.74, 6) is -0.727. The Balaban J connectivity index is 1.89. The molecule has 0 spiro atoms. The fourth-order valence-electron chi connectivity index (χ4n) is 1.91. The number of carbonyl (C=O) groups excluding carboxylic acids is 1. The van der Waals surface area contributed by atoms with E-state index in [1.54, 1.807) is 13.8 Å². The first-order valence-electron chi connectivity index (χ1n) is 6.49. The molecule has 21 heavy (non-hydrogen) atoms. The first-order valence-corrected chi connectivity index (χ1v) is 6.49. The van der Waals surface area contributed by atoms with E-state index >= 15 is 0 Å². The Labute approximate surface area is 120 Å². The van der Waals surface area contributed by atoms with E-state index in [1.807, 2.05) is 0 Å². The van der Waals surface area contributed by atoms with Gasteiger partial charge in [0, 0.05) is 24.5 Å². The maximum Gasteiger partial charge on any atom is 0.227 e. The number of carbonyl (C=O) groups is 1. The molecule has 0 aliphatic heterocycles. The molecule has 0 unspecified atom stereocenters. The number of hydrogen-bond acceptors (Lipinski definition) is 4. The summed E-state index contributed by atoms with van der Waals surface area (Å²) in [5, 5.41) is 6.26. The normalized spacial score (nSPS) is 12.2. The number of nitrogens with one attached hydrogen (secondary N) is 1. The molecule has 0 fully saturated rings. The summed E-state index contributed by atoms with van der Waals surface area (Å²) < 4.78 is 31.3. The number of hydrogen-bond donors (Lipinski definition) is 1. The van der Waals surface area contributed by atoms with Gasteiger partial charge in [-0.25, -0.2) is 8.78 Å². The van der Waals surface area contributed by atoms with Crippen molar-refractivity contribution in [1.29, 1.82) is 0 Å². The average molecular weight is 295 g/mol. The van der Waals surface area contributed by atoms with Crippen molar-refractivity contribution in [3.05, 3.63) is 47.1 Å². The third-order valence-corrected chi connectivity index (χ3v) is 2.94. The molecule has 1 N–H and O–H groups in total. The molecule has 1 aromatic heterocycles. The lowest BCUT2D eigenvalue weighted by Gasteiger charge is -2.14. The Morgan fingerprint density at radius 2 is 2.19 bits per heavy atom. The van der Waals surface area contributed by atoms with Crippen LogP contribution in [0.4, 0.5) is 8.78 Å². The minimum atomic E-state index is -0.685. The van der Waals surface area contributed by atoms with Crippen molar-refractivity contribution >= 4 is 5.91 Å². The highest BCUT2D eigenvalue weighted by atomic mass is 19.1. The van der Waals surface area contributed by atoms with Crippen LogP contribution in [0.2, 0.25) is 0 Å². The van der Waals surface area contributed by atoms with Crippen LogP contribution in [0.5, 0.6) is 0 Å². The predicted molar refractivity (Wildman–Crippen MR) is 70.3 cm³/mol. The van der Waals surface area contributed by atoms with Crippen LogP contribution in [0.25, 0.3) is 0 Å². The second-order valence-electron chi connectivity index (χ2n) is 4.69. The van der Waals surface area contributed by atoms with Crippen LogP contribution in [0.3, 0.4) is 0 Å². The van der Waals surface area contributed by atoms with Gasteiger partial charge in [-0.15, -0.1) is 0 Å². The summed E-state index contributed by atoms with van der Waals surface area (Å²) >= 11 is 0. The van der Waals surface area contributed by atoms with Crippen molar-refractivity contribution in [2.75, 3.05) is 0 Å². The second kappa shape index (κ2) is 6.43. The van der Waals surface area contributed by atoms with Crippen LogP contribution >= 0.6 is 0 Å². The van der Waals surface area contributed by atoms with Gasteiger partial charge in [-0.05, 0) is 19.9 Å². The van der Waals surface area contributed by atoms with Crippen molar-refractivity contribution in [3.63, 3.8) is 0 Å². The van der Waals surface area contributed by atoms with Gasteiger partial charge in [0.05, 0.1) is 6.04 Å². The molecule has 2 rings (SSSR count). The highest BCUT2D eigenvalue weighted by molar-refractivity contribution is 5.76. The number of benzene rings is 1. The van der Waals surface area contributed by atoms with E-state index in [-0.39, 0.29) is 17.9 Å². The zero-order valence-electron chi connectivity index (χ0n) is 11.7. The molecule has 0 bridgehead atoms. The molecule has 7 heteroatoms. The number of nitrogens with zero attached hydrogens (tertiary/aromatic N) is 2. The Bertz CT molecular complexity index is 643. The molecule has 1 atom stereocenters. The van der Waals surface area contributed by atoms with Gasteiger partial charge >= 0.3 is 0 Å². The molecule has 0 saturated heterocycles. The Hall–Kier alpha value is -2.31. The lowest BCUT2D eigenvalue weighted by Crippen LogP contribution is -2.27. The van der Waals surface area contributed by atoms with Gasteiger partial charge in [-0.3, -0.25) is 4.79 Å². The molecule has 2 aromatic rings. The van der Waals surface area contributed by atoms with E-state index < -0.39 is 17.7 Å². The molecule has 1 amide bonds. The van der Waals surface area contributed by atoms with Gasteiger partial charge < -0.3 is 9.84 Å². The highest BCUT2D eigenvalue weighted by Gasteiger charge is 2.15. The molecule has 1 heterocycles. The summed E-state index contributed by atoms with van der Waals surface area (Å²) in [6.07, 6.45) is 0.458. The van der Waals surface area contributed by atoms with Crippen LogP contribution in [-0.4, -0.2) is 16.0 Å². The van der Waals surface area contributed by atoms with Crippen molar-refractivity contribution in [2.24, 2.45) is 0 Å². The van der Waals surface area contributed by atoms with Crippen LogP contribution in [-0.2, 0) is 11.2 Å². The van der Waals surface area contributed by atoms with Gasteiger partial charge in [0.2, 0.25) is 11.8 Å². The lowest BCUT2D eigenvalue weighted by atomic mass is 10.1. The summed E-state index contributed by atoms with van der Waals surface area (Å²) in [6.45, 7) is 3.32. The van der Waals surface area contributed by atoms with E-state index in [4.69, 9.17) is 4.52 Å². The first kappa shape index (κ1) is 15.1. The molecule has 0 saturated carbocycles. The van der Waals surface area contributed by atoms with Crippen molar-refractivity contribution in [3.8, 4) is 0 Å². The summed E-state index contributed by atoms with van der Waals surface area (Å²) in [5.41, 5.74) is 0.235. The highest BCUT2D eigenvalue weighted by Crippen LogP contribution is 2.17. The summed E-state index contributed by atoms with van der Waals surface area (Å²) in [4.78, 5) is 15.8. The smallest absolute Gasteiger partial charge is 0.227 e. The molecule has 1 aromatic carbocycles. The summed E-state index contributed by atoms with van der Waals surface area (Å²) in [7, 11) is 0. The van der Waals surface area contributed by atoms with Gasteiger partial charge in [0.15, 0.2) is 5.82 Å². The second-order valence-corrected chi connectivity index (χ2v) is 4.69. The molecule has 0 aliphatic rings. The van der Waals surface area contributed by atoms with Crippen LogP contribution in [0.1, 0.15) is 36.7 Å². The first-order chi connectivity index (χ1) is 9.95. The lowest BCUT2D eigenvalue weighted by molar-refractivity contribution is -0.121. The number of aromatic nitrogens is 2. The van der Waals surface area contributed by atoms with Gasteiger partial charge in [-0.2, -0.15) is 4.98 Å². The van der Waals surface area contributed by atoms with E-state index in [9.17, 15) is 13.6 Å². The zero-order chi connectivity index (χ0) is 15.4. The Kier molecular flexibility index (Phi) is 4.62. The number of rotatable bonds is 5. The predicted octanol–water partition coefficient (Wildman–Crippen LogP) is 2.47. The third-order valence-electron chi connectivity index (χ3n) is 2.94. The molecule has 0 radical (unpaired) electrons. The average Bonchev–Trinajstić information content (AvgIpc) is 2.82. The quantitative estimate of drug-likeness (QED) is 0.920. The maximum absolute atomic E-state index is 13.6. The van der Waals surface area contributed by atoms with Gasteiger partial charge in [0.1, 0.15) is 11.6 Å². The Morgan fingerprint density at radius 1 is 1.43 bits per heavy atom. The molecular weight excluding hydrogens is 280 g/mol.